The third kappa shape index (κ3) is 3.41. The molecular formula is C22H16ClNOS. The van der Waals surface area contributed by atoms with Gasteiger partial charge in [0, 0.05) is 32.6 Å². The quantitative estimate of drug-likeness (QED) is 0.316. The Balaban J connectivity index is 1.74. The Morgan fingerprint density at radius 2 is 1.58 bits per heavy atom. The predicted molar refractivity (Wildman–Crippen MR) is 109 cm³/mol. The van der Waals surface area contributed by atoms with Crippen LogP contribution in [0.3, 0.4) is 0 Å². The van der Waals surface area contributed by atoms with E-state index in [0.717, 1.165) is 26.9 Å². The minimum Gasteiger partial charge on any atom is -0.360 e. The molecule has 1 heterocycles. The lowest BCUT2D eigenvalue weighted by Gasteiger charge is -2.16. The number of carbonyl (C=O) groups is 1. The molecule has 0 radical (unpaired) electrons. The molecule has 4 rings (SSSR count). The van der Waals surface area contributed by atoms with Crippen molar-refractivity contribution < 1.29 is 4.79 Å². The summed E-state index contributed by atoms with van der Waals surface area (Å²) in [6, 6.07) is 25.4. The van der Waals surface area contributed by atoms with Crippen molar-refractivity contribution in [2.24, 2.45) is 0 Å². The van der Waals surface area contributed by atoms with Gasteiger partial charge in [-0.25, -0.2) is 0 Å². The Labute approximate surface area is 161 Å². The molecule has 0 amide bonds. The predicted octanol–water partition coefficient (Wildman–Crippen LogP) is 6.54. The molecule has 0 bridgehead atoms. The summed E-state index contributed by atoms with van der Waals surface area (Å²) in [4.78, 5) is 17.6. The third-order valence-corrected chi connectivity index (χ3v) is 5.78. The van der Waals surface area contributed by atoms with Crippen LogP contribution in [0.5, 0.6) is 0 Å². The summed E-state index contributed by atoms with van der Waals surface area (Å²) in [7, 11) is 0. The van der Waals surface area contributed by atoms with E-state index in [2.05, 4.69) is 4.98 Å². The van der Waals surface area contributed by atoms with E-state index in [0.29, 0.717) is 5.02 Å². The number of ketones is 1. The second-order valence-corrected chi connectivity index (χ2v) is 7.59. The Hall–Kier alpha value is -2.49. The summed E-state index contributed by atoms with van der Waals surface area (Å²) >= 11 is 7.54. The van der Waals surface area contributed by atoms with Crippen molar-refractivity contribution in [1.82, 2.24) is 4.98 Å². The first kappa shape index (κ1) is 17.0. The van der Waals surface area contributed by atoms with Crippen LogP contribution in [0, 0.1) is 0 Å². The Kier molecular flexibility index (Phi) is 4.83. The van der Waals surface area contributed by atoms with E-state index in [1.54, 1.807) is 11.8 Å². The fourth-order valence-corrected chi connectivity index (χ4v) is 4.19. The molecule has 0 aliphatic rings. The highest BCUT2D eigenvalue weighted by Gasteiger charge is 2.25. The number of thioether (sulfide) groups is 1. The lowest BCUT2D eigenvalue weighted by molar-refractivity contribution is 0.0991. The van der Waals surface area contributed by atoms with E-state index < -0.39 is 0 Å². The maximum absolute atomic E-state index is 13.4. The van der Waals surface area contributed by atoms with Crippen molar-refractivity contribution in [3.05, 3.63) is 101 Å². The van der Waals surface area contributed by atoms with E-state index >= 15 is 0 Å². The lowest BCUT2D eigenvalue weighted by atomic mass is 10.0. The number of carbonyl (C=O) groups excluding carboxylic acids is 1. The highest BCUT2D eigenvalue weighted by molar-refractivity contribution is 8.00. The number of Topliss-reactive ketones (excluding diaryl/α,β-unsaturated/α-hetero) is 1. The van der Waals surface area contributed by atoms with E-state index in [1.165, 1.54) is 0 Å². The molecule has 1 N–H and O–H groups in total. The van der Waals surface area contributed by atoms with Gasteiger partial charge in [0.05, 0.1) is 5.25 Å². The topological polar surface area (TPSA) is 32.9 Å². The molecule has 3 aromatic carbocycles. The van der Waals surface area contributed by atoms with Crippen molar-refractivity contribution in [3.8, 4) is 0 Å². The molecule has 0 spiro atoms. The number of fused-ring (bicyclic) bond motifs is 1. The largest absolute Gasteiger partial charge is 0.360 e. The second-order valence-electron chi connectivity index (χ2n) is 5.97. The molecule has 4 heteroatoms. The van der Waals surface area contributed by atoms with E-state index in [-0.39, 0.29) is 11.0 Å². The van der Waals surface area contributed by atoms with Gasteiger partial charge in [0.15, 0.2) is 5.78 Å². The van der Waals surface area contributed by atoms with Crippen molar-refractivity contribution in [2.75, 3.05) is 0 Å². The van der Waals surface area contributed by atoms with Crippen LogP contribution in [-0.2, 0) is 0 Å². The average Bonchev–Trinajstić information content (AvgIpc) is 3.12. The summed E-state index contributed by atoms with van der Waals surface area (Å²) < 4.78 is 0. The summed E-state index contributed by atoms with van der Waals surface area (Å²) in [6.45, 7) is 0. The van der Waals surface area contributed by atoms with Crippen molar-refractivity contribution >= 4 is 40.0 Å². The van der Waals surface area contributed by atoms with Gasteiger partial charge in [-0.2, -0.15) is 0 Å². The number of rotatable bonds is 5. The Morgan fingerprint density at radius 1 is 0.885 bits per heavy atom. The number of halogens is 1. The van der Waals surface area contributed by atoms with Crippen molar-refractivity contribution in [1.29, 1.82) is 0 Å². The molecule has 0 fully saturated rings. The van der Waals surface area contributed by atoms with E-state index in [4.69, 9.17) is 11.6 Å². The minimum absolute atomic E-state index is 0.0913. The lowest BCUT2D eigenvalue weighted by Crippen LogP contribution is -2.09. The second kappa shape index (κ2) is 7.40. The molecule has 4 aromatic rings. The monoisotopic (exact) mass is 377 g/mol. The highest BCUT2D eigenvalue weighted by atomic mass is 35.5. The van der Waals surface area contributed by atoms with Gasteiger partial charge in [-0.15, -0.1) is 11.8 Å². The van der Waals surface area contributed by atoms with Gasteiger partial charge >= 0.3 is 0 Å². The first-order chi connectivity index (χ1) is 12.7. The molecule has 0 aliphatic carbocycles. The van der Waals surface area contributed by atoms with E-state index in [1.807, 2.05) is 85.1 Å². The molecule has 1 aromatic heterocycles. The minimum atomic E-state index is -0.323. The normalized spacial score (nSPS) is 12.2. The first-order valence-electron chi connectivity index (χ1n) is 8.30. The summed E-state index contributed by atoms with van der Waals surface area (Å²) in [5, 5.41) is 1.32. The van der Waals surface area contributed by atoms with Gasteiger partial charge in [-0.1, -0.05) is 60.1 Å². The SMILES string of the molecule is O=C(c1c[nH]c2ccccc12)[C@H](Sc1ccc(Cl)cc1)c1ccccc1. The van der Waals surface area contributed by atoms with Crippen LogP contribution >= 0.6 is 23.4 Å². The highest BCUT2D eigenvalue weighted by Crippen LogP contribution is 2.39. The first-order valence-corrected chi connectivity index (χ1v) is 9.55. The Bertz CT molecular complexity index is 1040. The fourth-order valence-electron chi connectivity index (χ4n) is 2.97. The fraction of sp³-hybridized carbons (Fsp3) is 0.0455. The molecule has 0 saturated heterocycles. The molecule has 2 nitrogen and oxygen atoms in total. The molecule has 128 valence electrons. The van der Waals surface area contributed by atoms with Gasteiger partial charge in [0.25, 0.3) is 0 Å². The number of H-pyrrole nitrogens is 1. The summed E-state index contributed by atoms with van der Waals surface area (Å²) in [6.07, 6.45) is 1.81. The zero-order chi connectivity index (χ0) is 17.9. The molecule has 0 aliphatic heterocycles. The van der Waals surface area contributed by atoms with Crippen LogP contribution in [0.25, 0.3) is 10.9 Å². The number of hydrogen-bond acceptors (Lipinski definition) is 2. The number of hydrogen-bond donors (Lipinski definition) is 1. The van der Waals surface area contributed by atoms with Crippen molar-refractivity contribution in [3.63, 3.8) is 0 Å². The Morgan fingerprint density at radius 3 is 2.35 bits per heavy atom. The molecule has 0 unspecified atom stereocenters. The number of benzene rings is 3. The van der Waals surface area contributed by atoms with Crippen LogP contribution in [0.1, 0.15) is 21.2 Å². The van der Waals surface area contributed by atoms with Crippen LogP contribution in [0.15, 0.2) is 90.0 Å². The molecule has 0 saturated carbocycles. The number of aromatic amines is 1. The summed E-state index contributed by atoms with van der Waals surface area (Å²) in [5.41, 5.74) is 2.68. The zero-order valence-corrected chi connectivity index (χ0v) is 15.4. The maximum Gasteiger partial charge on any atom is 0.182 e. The van der Waals surface area contributed by atoms with Gasteiger partial charge in [-0.05, 0) is 35.9 Å². The molecular weight excluding hydrogens is 362 g/mol. The van der Waals surface area contributed by atoms with Crippen LogP contribution in [0.2, 0.25) is 5.02 Å². The number of aromatic nitrogens is 1. The third-order valence-electron chi connectivity index (χ3n) is 4.26. The van der Waals surface area contributed by atoms with Gasteiger partial charge in [-0.3, -0.25) is 4.79 Å². The zero-order valence-electron chi connectivity index (χ0n) is 13.9. The maximum atomic E-state index is 13.4. The van der Waals surface area contributed by atoms with Crippen LogP contribution < -0.4 is 0 Å². The number of para-hydroxylation sites is 1. The van der Waals surface area contributed by atoms with Gasteiger partial charge in [0.2, 0.25) is 0 Å². The van der Waals surface area contributed by atoms with E-state index in [9.17, 15) is 4.79 Å². The molecule has 26 heavy (non-hydrogen) atoms. The molecule has 1 atom stereocenters. The number of nitrogens with one attached hydrogen (secondary N) is 1. The van der Waals surface area contributed by atoms with Crippen LogP contribution in [0.4, 0.5) is 0 Å². The average molecular weight is 378 g/mol. The smallest absolute Gasteiger partial charge is 0.182 e. The van der Waals surface area contributed by atoms with Gasteiger partial charge in [0.1, 0.15) is 0 Å². The summed E-state index contributed by atoms with van der Waals surface area (Å²) in [5.74, 6) is 0.0913. The van der Waals surface area contributed by atoms with Crippen molar-refractivity contribution in [2.45, 2.75) is 10.1 Å². The van der Waals surface area contributed by atoms with Gasteiger partial charge < -0.3 is 4.98 Å². The van der Waals surface area contributed by atoms with Crippen LogP contribution in [-0.4, -0.2) is 10.8 Å². The standard InChI is InChI=1S/C22H16ClNOS/c23-16-10-12-17(13-11-16)26-22(15-6-2-1-3-7-15)21(25)19-14-24-20-9-5-4-8-18(19)20/h1-14,22,24H/t22-/m1/s1.